The molecule has 0 spiro atoms. The first-order chi connectivity index (χ1) is 7.19. The van der Waals surface area contributed by atoms with Crippen molar-refractivity contribution in [1.82, 2.24) is 0 Å². The van der Waals surface area contributed by atoms with Crippen molar-refractivity contribution in [2.24, 2.45) is 5.92 Å². The fourth-order valence-corrected chi connectivity index (χ4v) is 1.59. The van der Waals surface area contributed by atoms with Crippen molar-refractivity contribution >= 4 is 5.57 Å². The normalized spacial score (nSPS) is 11.9. The summed E-state index contributed by atoms with van der Waals surface area (Å²) in [5.74, 6) is 1.24. The van der Waals surface area contributed by atoms with Crippen molar-refractivity contribution in [3.63, 3.8) is 0 Å². The van der Waals surface area contributed by atoms with Gasteiger partial charge in [0.1, 0.15) is 5.75 Å². The summed E-state index contributed by atoms with van der Waals surface area (Å²) in [6.45, 7) is 4.30. The second kappa shape index (κ2) is 5.56. The molecule has 0 aliphatic heterocycles. The summed E-state index contributed by atoms with van der Waals surface area (Å²) in [7, 11) is 1.66. The van der Waals surface area contributed by atoms with Gasteiger partial charge >= 0.3 is 0 Å². The van der Waals surface area contributed by atoms with Crippen LogP contribution in [0.5, 0.6) is 5.75 Å². The molecule has 0 heterocycles. The molecule has 0 saturated heterocycles. The van der Waals surface area contributed by atoms with Crippen LogP contribution < -0.4 is 4.74 Å². The van der Waals surface area contributed by atoms with Crippen molar-refractivity contribution in [3.05, 3.63) is 35.9 Å². The lowest BCUT2D eigenvalue weighted by molar-refractivity contribution is 0.342. The second-order valence-electron chi connectivity index (χ2n) is 3.73. The third-order valence-electron chi connectivity index (χ3n) is 2.34. The number of aliphatic hydroxyl groups is 1. The third-order valence-corrected chi connectivity index (χ3v) is 2.34. The molecular weight excluding hydrogens is 188 g/mol. The summed E-state index contributed by atoms with van der Waals surface area (Å²) in [5, 5.41) is 8.97. The molecule has 1 aromatic rings. The summed E-state index contributed by atoms with van der Waals surface area (Å²) < 4.78 is 5.17. The van der Waals surface area contributed by atoms with E-state index in [0.29, 0.717) is 5.92 Å². The molecule has 0 bridgehead atoms. The number of aliphatic hydroxyl groups excluding tert-OH is 1. The van der Waals surface area contributed by atoms with Crippen molar-refractivity contribution in [1.29, 1.82) is 0 Å². The topological polar surface area (TPSA) is 29.5 Å². The Morgan fingerprint density at radius 1 is 1.47 bits per heavy atom. The van der Waals surface area contributed by atoms with Crippen LogP contribution in [0.15, 0.2) is 30.3 Å². The standard InChI is InChI=1S/C13H18O2/c1-10(2)13(7-8-14)11-5-4-6-12(9-11)15-3/h4-7,9-10,14H,8H2,1-3H3/b13-7+. The minimum Gasteiger partial charge on any atom is -0.497 e. The Morgan fingerprint density at radius 3 is 2.73 bits per heavy atom. The van der Waals surface area contributed by atoms with Gasteiger partial charge in [0, 0.05) is 0 Å². The van der Waals surface area contributed by atoms with Crippen molar-refractivity contribution in [3.8, 4) is 5.75 Å². The van der Waals surface area contributed by atoms with E-state index < -0.39 is 0 Å². The molecule has 0 aliphatic carbocycles. The SMILES string of the molecule is COc1cccc(/C(=C/CO)C(C)C)c1. The Morgan fingerprint density at radius 2 is 2.20 bits per heavy atom. The van der Waals surface area contributed by atoms with Crippen molar-refractivity contribution < 1.29 is 9.84 Å². The van der Waals surface area contributed by atoms with Crippen LogP contribution in [0, 0.1) is 5.92 Å². The minimum absolute atomic E-state index is 0.0741. The zero-order valence-electron chi connectivity index (χ0n) is 9.53. The summed E-state index contributed by atoms with van der Waals surface area (Å²) in [6, 6.07) is 7.90. The van der Waals surface area contributed by atoms with E-state index in [9.17, 15) is 0 Å². The van der Waals surface area contributed by atoms with Gasteiger partial charge in [-0.15, -0.1) is 0 Å². The maximum Gasteiger partial charge on any atom is 0.119 e. The molecule has 1 N–H and O–H groups in total. The van der Waals surface area contributed by atoms with E-state index in [1.165, 1.54) is 0 Å². The van der Waals surface area contributed by atoms with E-state index in [1.807, 2.05) is 30.3 Å². The minimum atomic E-state index is 0.0741. The Hall–Kier alpha value is -1.28. The number of hydrogen-bond acceptors (Lipinski definition) is 2. The van der Waals surface area contributed by atoms with E-state index >= 15 is 0 Å². The van der Waals surface area contributed by atoms with Crippen LogP contribution in [0.2, 0.25) is 0 Å². The third kappa shape index (κ3) is 3.10. The van der Waals surface area contributed by atoms with Crippen LogP contribution in [-0.4, -0.2) is 18.8 Å². The van der Waals surface area contributed by atoms with E-state index in [2.05, 4.69) is 13.8 Å². The quantitative estimate of drug-likeness (QED) is 0.820. The van der Waals surface area contributed by atoms with E-state index in [1.54, 1.807) is 7.11 Å². The molecule has 0 saturated carbocycles. The summed E-state index contributed by atoms with van der Waals surface area (Å²) in [4.78, 5) is 0. The first-order valence-electron chi connectivity index (χ1n) is 5.14. The monoisotopic (exact) mass is 206 g/mol. The maximum atomic E-state index is 8.97. The molecule has 2 heteroatoms. The average molecular weight is 206 g/mol. The average Bonchev–Trinajstić information content (AvgIpc) is 2.25. The lowest BCUT2D eigenvalue weighted by Gasteiger charge is -2.12. The smallest absolute Gasteiger partial charge is 0.119 e. The molecule has 0 unspecified atom stereocenters. The summed E-state index contributed by atoms with van der Waals surface area (Å²) in [5.41, 5.74) is 2.26. The number of methoxy groups -OCH3 is 1. The predicted octanol–water partition coefficient (Wildman–Crippen LogP) is 2.73. The van der Waals surface area contributed by atoms with Gasteiger partial charge in [-0.2, -0.15) is 0 Å². The van der Waals surface area contributed by atoms with Gasteiger partial charge in [0.05, 0.1) is 13.7 Å². The molecule has 82 valence electrons. The van der Waals surface area contributed by atoms with Crippen molar-refractivity contribution in [2.45, 2.75) is 13.8 Å². The van der Waals surface area contributed by atoms with Crippen LogP contribution in [0.1, 0.15) is 19.4 Å². The van der Waals surface area contributed by atoms with Crippen molar-refractivity contribution in [2.75, 3.05) is 13.7 Å². The van der Waals surface area contributed by atoms with Gasteiger partial charge in [-0.1, -0.05) is 32.1 Å². The first kappa shape index (κ1) is 11.8. The number of hydrogen-bond donors (Lipinski definition) is 1. The highest BCUT2D eigenvalue weighted by atomic mass is 16.5. The van der Waals surface area contributed by atoms with Crippen LogP contribution in [0.25, 0.3) is 5.57 Å². The number of allylic oxidation sites excluding steroid dienone is 1. The lowest BCUT2D eigenvalue weighted by Crippen LogP contribution is -1.96. The Labute approximate surface area is 91.2 Å². The molecule has 0 radical (unpaired) electrons. The number of rotatable bonds is 4. The van der Waals surface area contributed by atoms with Crippen LogP contribution in [0.3, 0.4) is 0 Å². The number of benzene rings is 1. The van der Waals surface area contributed by atoms with Gasteiger partial charge < -0.3 is 9.84 Å². The summed E-state index contributed by atoms with van der Waals surface area (Å²) in [6.07, 6.45) is 1.85. The molecule has 0 aromatic heterocycles. The van der Waals surface area contributed by atoms with Gasteiger partial charge in [0.2, 0.25) is 0 Å². The Kier molecular flexibility index (Phi) is 4.37. The molecule has 0 atom stereocenters. The zero-order valence-corrected chi connectivity index (χ0v) is 9.53. The van der Waals surface area contributed by atoms with Crippen LogP contribution in [-0.2, 0) is 0 Å². The first-order valence-corrected chi connectivity index (χ1v) is 5.14. The molecule has 1 aromatic carbocycles. The van der Waals surface area contributed by atoms with Crippen LogP contribution in [0.4, 0.5) is 0 Å². The summed E-state index contributed by atoms with van der Waals surface area (Å²) >= 11 is 0. The highest BCUT2D eigenvalue weighted by Crippen LogP contribution is 2.25. The molecule has 15 heavy (non-hydrogen) atoms. The van der Waals surface area contributed by atoms with Gasteiger partial charge in [-0.25, -0.2) is 0 Å². The van der Waals surface area contributed by atoms with E-state index in [4.69, 9.17) is 9.84 Å². The molecule has 2 nitrogen and oxygen atoms in total. The predicted molar refractivity (Wildman–Crippen MR) is 62.9 cm³/mol. The molecule has 0 fully saturated rings. The van der Waals surface area contributed by atoms with Gasteiger partial charge in [-0.05, 0) is 29.2 Å². The second-order valence-corrected chi connectivity index (χ2v) is 3.73. The molecule has 0 aliphatic rings. The fourth-order valence-electron chi connectivity index (χ4n) is 1.59. The van der Waals surface area contributed by atoms with E-state index in [0.717, 1.165) is 16.9 Å². The Balaban J connectivity index is 3.06. The molecular formula is C13H18O2. The molecule has 1 rings (SSSR count). The highest BCUT2D eigenvalue weighted by Gasteiger charge is 2.06. The molecule has 0 amide bonds. The fraction of sp³-hybridized carbons (Fsp3) is 0.385. The zero-order chi connectivity index (χ0) is 11.3. The lowest BCUT2D eigenvalue weighted by atomic mass is 9.95. The largest absolute Gasteiger partial charge is 0.497 e. The van der Waals surface area contributed by atoms with E-state index in [-0.39, 0.29) is 6.61 Å². The Bertz CT molecular complexity index is 340. The van der Waals surface area contributed by atoms with Gasteiger partial charge in [0.25, 0.3) is 0 Å². The number of ether oxygens (including phenoxy) is 1. The van der Waals surface area contributed by atoms with Gasteiger partial charge in [0.15, 0.2) is 0 Å². The maximum absolute atomic E-state index is 8.97. The van der Waals surface area contributed by atoms with Gasteiger partial charge in [-0.3, -0.25) is 0 Å². The van der Waals surface area contributed by atoms with Crippen LogP contribution >= 0.6 is 0 Å². The highest BCUT2D eigenvalue weighted by molar-refractivity contribution is 5.68.